The van der Waals surface area contributed by atoms with E-state index in [-0.39, 0.29) is 6.42 Å². The Morgan fingerprint density at radius 1 is 0.907 bits per heavy atom. The summed E-state index contributed by atoms with van der Waals surface area (Å²) in [6.45, 7) is 10.6. The van der Waals surface area contributed by atoms with Crippen molar-refractivity contribution in [2.24, 2.45) is 5.92 Å². The summed E-state index contributed by atoms with van der Waals surface area (Å²) in [4.78, 5) is 40.2. The van der Waals surface area contributed by atoms with Gasteiger partial charge in [-0.05, 0) is 70.6 Å². The van der Waals surface area contributed by atoms with Crippen LogP contribution in [0.3, 0.4) is 0 Å². The van der Waals surface area contributed by atoms with Crippen molar-refractivity contribution in [2.45, 2.75) is 167 Å². The Bertz CT molecular complexity index is 1260. The van der Waals surface area contributed by atoms with Crippen molar-refractivity contribution < 1.29 is 52.0 Å². The first-order valence-electron chi connectivity index (χ1n) is 20.0. The van der Waals surface area contributed by atoms with E-state index in [1.807, 2.05) is 0 Å². The van der Waals surface area contributed by atoms with E-state index in [9.17, 15) is 28.3 Å². The Morgan fingerprint density at radius 2 is 1.50 bits per heavy atom. The molecule has 1 fully saturated rings. The maximum atomic E-state index is 14.0. The highest BCUT2D eigenvalue weighted by Gasteiger charge is 2.51. The molecule has 0 unspecified atom stereocenters. The number of amides is 1. The molecule has 3 atom stereocenters. The third kappa shape index (κ3) is 17.1. The predicted molar refractivity (Wildman–Crippen MR) is 204 cm³/mol. The Hall–Kier alpha value is -3.09. The summed E-state index contributed by atoms with van der Waals surface area (Å²) in [6.07, 6.45) is 11.7. The Morgan fingerprint density at radius 3 is 2.06 bits per heavy atom. The fourth-order valence-corrected chi connectivity index (χ4v) is 6.44. The molecule has 1 amide bonds. The van der Waals surface area contributed by atoms with Gasteiger partial charge in [-0.25, -0.2) is 18.4 Å². The zero-order valence-electron chi connectivity index (χ0n) is 33.6. The van der Waals surface area contributed by atoms with E-state index in [4.69, 9.17) is 23.7 Å². The van der Waals surface area contributed by atoms with Gasteiger partial charge in [0.15, 0.2) is 11.4 Å². The van der Waals surface area contributed by atoms with Crippen LogP contribution in [-0.2, 0) is 39.8 Å². The molecular weight excluding hydrogens is 700 g/mol. The molecule has 0 saturated carbocycles. The van der Waals surface area contributed by atoms with Gasteiger partial charge in [-0.3, -0.25) is 4.79 Å². The lowest BCUT2D eigenvalue weighted by Crippen LogP contribution is -2.56. The number of unbranched alkanes of at least 4 members (excludes halogenated alkanes) is 9. The van der Waals surface area contributed by atoms with Gasteiger partial charge in [0, 0.05) is 25.7 Å². The van der Waals surface area contributed by atoms with Crippen LogP contribution in [0.1, 0.15) is 136 Å². The van der Waals surface area contributed by atoms with Crippen LogP contribution in [0.15, 0.2) is 36.4 Å². The SMILES string of the molecule is CCCCCCCC1(CCCCCC/C=C/[C@H](C(=O)N[C@@H](Cc2ccc(OCCCC)cc2)C(=O)OC)[C@@](O)(CC(F)F)C(=O)OC(C)(C)C)OCCO1. The first kappa shape index (κ1) is 47.1. The average molecular weight is 768 g/mol. The van der Waals surface area contributed by atoms with Gasteiger partial charge < -0.3 is 34.1 Å². The molecule has 1 aromatic rings. The number of alkyl halides is 2. The second-order valence-electron chi connectivity index (χ2n) is 15.3. The molecule has 1 aromatic carbocycles. The van der Waals surface area contributed by atoms with E-state index in [0.717, 1.165) is 57.8 Å². The summed E-state index contributed by atoms with van der Waals surface area (Å²) >= 11 is 0. The highest BCUT2D eigenvalue weighted by molar-refractivity contribution is 5.93. The molecule has 0 spiro atoms. The molecule has 2 rings (SSSR count). The minimum absolute atomic E-state index is 0.0000236. The summed E-state index contributed by atoms with van der Waals surface area (Å²) in [5.41, 5.74) is -3.40. The van der Waals surface area contributed by atoms with Crippen LogP contribution in [0.2, 0.25) is 0 Å². The number of allylic oxidation sites excluding steroid dienone is 1. The number of aliphatic hydroxyl groups is 1. The van der Waals surface area contributed by atoms with Crippen LogP contribution in [0, 0.1) is 5.92 Å². The molecule has 308 valence electrons. The first-order chi connectivity index (χ1) is 25.7. The highest BCUT2D eigenvalue weighted by atomic mass is 19.3. The van der Waals surface area contributed by atoms with E-state index in [2.05, 4.69) is 19.2 Å². The zero-order chi connectivity index (χ0) is 40.0. The Labute approximate surface area is 322 Å². The second-order valence-corrected chi connectivity index (χ2v) is 15.3. The van der Waals surface area contributed by atoms with Crippen LogP contribution in [0.5, 0.6) is 5.75 Å². The number of carbonyl (C=O) groups is 3. The van der Waals surface area contributed by atoms with E-state index >= 15 is 0 Å². The van der Waals surface area contributed by atoms with Crippen molar-refractivity contribution in [3.63, 3.8) is 0 Å². The molecule has 10 nitrogen and oxygen atoms in total. The molecule has 0 aromatic heterocycles. The fraction of sp³-hybridized carbons (Fsp3) is 0.738. The highest BCUT2D eigenvalue weighted by Crippen LogP contribution is 2.33. The first-order valence-corrected chi connectivity index (χ1v) is 20.0. The molecule has 0 bridgehead atoms. The molecule has 1 heterocycles. The van der Waals surface area contributed by atoms with E-state index in [1.165, 1.54) is 59.6 Å². The summed E-state index contributed by atoms with van der Waals surface area (Å²) in [5, 5.41) is 14.2. The van der Waals surface area contributed by atoms with Crippen molar-refractivity contribution in [1.29, 1.82) is 0 Å². The van der Waals surface area contributed by atoms with Crippen LogP contribution in [0.25, 0.3) is 0 Å². The zero-order valence-corrected chi connectivity index (χ0v) is 33.6. The molecule has 12 heteroatoms. The van der Waals surface area contributed by atoms with Gasteiger partial charge >= 0.3 is 11.9 Å². The van der Waals surface area contributed by atoms with Gasteiger partial charge in [-0.1, -0.05) is 83.1 Å². The standard InChI is InChI=1S/C42H67F2NO9/c1-7-9-11-15-18-25-41(52-28-29-53-41)26-19-16-13-12-14-17-20-34(42(49,31-36(43)44)39(48)54-40(3,4)5)37(46)45-35(38(47)50-6)30-32-21-23-33(24-22-32)51-27-10-8-2/h17,20-24,34-36,49H,7-16,18-19,25-31H2,1-6H3,(H,45,46)/b20-17+/t34-,35+,42+/m1/s1. The number of carbonyl (C=O) groups excluding carboxylic acids is 3. The van der Waals surface area contributed by atoms with E-state index in [1.54, 1.807) is 30.3 Å². The number of ether oxygens (including phenoxy) is 5. The van der Waals surface area contributed by atoms with E-state index < -0.39 is 59.6 Å². The smallest absolute Gasteiger partial charge is 0.340 e. The van der Waals surface area contributed by atoms with Crippen LogP contribution in [0.4, 0.5) is 8.78 Å². The van der Waals surface area contributed by atoms with Gasteiger partial charge in [0.25, 0.3) is 0 Å². The number of methoxy groups -OCH3 is 1. The summed E-state index contributed by atoms with van der Waals surface area (Å²) in [5.74, 6) is -4.78. The number of hydrogen-bond donors (Lipinski definition) is 2. The Balaban J connectivity index is 2.16. The topological polar surface area (TPSA) is 130 Å². The minimum atomic E-state index is -3.15. The molecule has 0 aliphatic carbocycles. The van der Waals surface area contributed by atoms with Crippen molar-refractivity contribution in [1.82, 2.24) is 5.32 Å². The number of benzene rings is 1. The van der Waals surface area contributed by atoms with E-state index in [0.29, 0.717) is 37.6 Å². The number of nitrogens with one attached hydrogen (secondary N) is 1. The molecule has 54 heavy (non-hydrogen) atoms. The number of rotatable bonds is 27. The van der Waals surface area contributed by atoms with Gasteiger partial charge in [0.2, 0.25) is 12.3 Å². The third-order valence-electron chi connectivity index (χ3n) is 9.43. The maximum Gasteiger partial charge on any atom is 0.340 e. The van der Waals surface area contributed by atoms with Gasteiger partial charge in [-0.15, -0.1) is 0 Å². The van der Waals surface area contributed by atoms with Crippen LogP contribution >= 0.6 is 0 Å². The lowest BCUT2D eigenvalue weighted by atomic mass is 9.82. The summed E-state index contributed by atoms with van der Waals surface area (Å²) in [7, 11) is 1.17. The normalized spacial score (nSPS) is 16.6. The molecule has 1 saturated heterocycles. The molecular formula is C42H67F2NO9. The maximum absolute atomic E-state index is 14.0. The summed E-state index contributed by atoms with van der Waals surface area (Å²) < 4.78 is 56.1. The lowest BCUT2D eigenvalue weighted by molar-refractivity contribution is -0.188. The second kappa shape index (κ2) is 24.4. The lowest BCUT2D eigenvalue weighted by Gasteiger charge is -2.34. The molecule has 2 N–H and O–H groups in total. The average Bonchev–Trinajstić information content (AvgIpc) is 3.58. The van der Waals surface area contributed by atoms with Crippen LogP contribution in [-0.4, -0.2) is 79.3 Å². The van der Waals surface area contributed by atoms with Gasteiger partial charge in [0.1, 0.15) is 17.4 Å². The Kier molecular flexibility index (Phi) is 21.3. The molecule has 0 radical (unpaired) electrons. The van der Waals surface area contributed by atoms with Gasteiger partial charge in [-0.2, -0.15) is 0 Å². The van der Waals surface area contributed by atoms with Gasteiger partial charge in [0.05, 0.1) is 32.8 Å². The number of halogens is 2. The molecule has 1 aliphatic rings. The monoisotopic (exact) mass is 767 g/mol. The van der Waals surface area contributed by atoms with Crippen molar-refractivity contribution in [3.8, 4) is 5.75 Å². The van der Waals surface area contributed by atoms with Crippen LogP contribution < -0.4 is 10.1 Å². The number of esters is 2. The van der Waals surface area contributed by atoms with Crippen molar-refractivity contribution in [2.75, 3.05) is 26.9 Å². The quantitative estimate of drug-likeness (QED) is 0.0515. The summed E-state index contributed by atoms with van der Waals surface area (Å²) in [6, 6.07) is 5.75. The number of hydrogen-bond acceptors (Lipinski definition) is 9. The minimum Gasteiger partial charge on any atom is -0.494 e. The fourth-order valence-electron chi connectivity index (χ4n) is 6.44. The molecule has 1 aliphatic heterocycles. The van der Waals surface area contributed by atoms with Crippen molar-refractivity contribution in [3.05, 3.63) is 42.0 Å². The predicted octanol–water partition coefficient (Wildman–Crippen LogP) is 8.41. The largest absolute Gasteiger partial charge is 0.494 e. The third-order valence-corrected chi connectivity index (χ3v) is 9.43. The van der Waals surface area contributed by atoms with Crippen molar-refractivity contribution >= 4 is 17.8 Å².